The zero-order chi connectivity index (χ0) is 18.4. The van der Waals surface area contributed by atoms with E-state index in [4.69, 9.17) is 4.74 Å². The quantitative estimate of drug-likeness (QED) is 0.841. The summed E-state index contributed by atoms with van der Waals surface area (Å²) in [5.74, 6) is 0.289. The number of rotatable bonds is 4. The number of hydrogen-bond acceptors (Lipinski definition) is 6. The average Bonchev–Trinajstić information content (AvgIpc) is 2.93. The molecule has 1 aromatic carbocycles. The van der Waals surface area contributed by atoms with Crippen LogP contribution in [-0.4, -0.2) is 51.7 Å². The molecule has 1 aliphatic heterocycles. The molecule has 1 aliphatic rings. The lowest BCUT2D eigenvalue weighted by Gasteiger charge is -2.32. The Morgan fingerprint density at radius 3 is 2.64 bits per heavy atom. The normalized spacial score (nSPS) is 18.0. The largest absolute Gasteiger partial charge is 0.497 e. The summed E-state index contributed by atoms with van der Waals surface area (Å²) in [6.45, 7) is 3.17. The first kappa shape index (κ1) is 17.4. The van der Waals surface area contributed by atoms with Gasteiger partial charge in [-0.2, -0.15) is 4.31 Å². The van der Waals surface area contributed by atoms with Crippen molar-refractivity contribution in [1.29, 1.82) is 0 Å². The van der Waals surface area contributed by atoms with Crippen LogP contribution < -0.4 is 4.74 Å². The summed E-state index contributed by atoms with van der Waals surface area (Å²) in [4.78, 5) is 11.7. The highest BCUT2D eigenvalue weighted by molar-refractivity contribution is 7.89. The van der Waals surface area contributed by atoms with E-state index in [0.717, 1.165) is 4.31 Å². The molecule has 0 amide bonds. The van der Waals surface area contributed by atoms with Crippen LogP contribution in [0.25, 0.3) is 0 Å². The second-order valence-electron chi connectivity index (χ2n) is 5.81. The average molecular weight is 366 g/mol. The van der Waals surface area contributed by atoms with E-state index >= 15 is 0 Å². The Bertz CT molecular complexity index is 937. The van der Waals surface area contributed by atoms with Gasteiger partial charge in [0.1, 0.15) is 23.4 Å². The van der Waals surface area contributed by atoms with Crippen molar-refractivity contribution < 1.29 is 23.1 Å². The van der Waals surface area contributed by atoms with Crippen LogP contribution in [0.2, 0.25) is 0 Å². The van der Waals surface area contributed by atoms with Crippen molar-refractivity contribution in [2.45, 2.75) is 37.9 Å². The predicted octanol–water partition coefficient (Wildman–Crippen LogP) is 0.561. The van der Waals surface area contributed by atoms with Gasteiger partial charge in [-0.25, -0.2) is 8.42 Å². The second-order valence-corrected chi connectivity index (χ2v) is 7.67. The zero-order valence-corrected chi connectivity index (χ0v) is 14.8. The Morgan fingerprint density at radius 2 is 2.04 bits per heavy atom. The smallest absolute Gasteiger partial charge is 0.323 e. The van der Waals surface area contributed by atoms with Gasteiger partial charge in [-0.3, -0.25) is 4.79 Å². The number of carboxylic acid groups (broad SMARTS) is 1. The molecule has 0 saturated carbocycles. The third kappa shape index (κ3) is 2.87. The molecule has 1 atom stereocenters. The number of ether oxygens (including phenoxy) is 1. The van der Waals surface area contributed by atoms with Gasteiger partial charge in [-0.05, 0) is 37.6 Å². The molecule has 1 unspecified atom stereocenters. The van der Waals surface area contributed by atoms with Crippen molar-refractivity contribution in [3.63, 3.8) is 0 Å². The number of aryl methyl sites for hydroxylation is 2. The molecule has 1 N–H and O–H groups in total. The molecule has 134 valence electrons. The summed E-state index contributed by atoms with van der Waals surface area (Å²) in [6.07, 6.45) is 0. The summed E-state index contributed by atoms with van der Waals surface area (Å²) in [7, 11) is -2.54. The number of nitrogens with zero attached hydrogens (tertiary/aromatic N) is 4. The first-order valence-corrected chi connectivity index (χ1v) is 8.97. The van der Waals surface area contributed by atoms with Crippen molar-refractivity contribution in [3.05, 3.63) is 35.4 Å². The molecule has 25 heavy (non-hydrogen) atoms. The van der Waals surface area contributed by atoms with E-state index in [1.165, 1.54) is 19.2 Å². The number of aromatic nitrogens is 3. The lowest BCUT2D eigenvalue weighted by molar-refractivity contribution is -0.142. The number of hydrogen-bond donors (Lipinski definition) is 1. The van der Waals surface area contributed by atoms with Gasteiger partial charge >= 0.3 is 5.97 Å². The summed E-state index contributed by atoms with van der Waals surface area (Å²) in [6, 6.07) is 3.33. The van der Waals surface area contributed by atoms with Crippen molar-refractivity contribution >= 4 is 16.0 Å². The summed E-state index contributed by atoms with van der Waals surface area (Å²) >= 11 is 0. The molecule has 10 heteroatoms. The molecule has 0 saturated heterocycles. The zero-order valence-electron chi connectivity index (χ0n) is 14.0. The van der Waals surface area contributed by atoms with Crippen LogP contribution in [0, 0.1) is 13.8 Å². The van der Waals surface area contributed by atoms with E-state index in [1.807, 2.05) is 0 Å². The van der Waals surface area contributed by atoms with Crippen molar-refractivity contribution in [3.8, 4) is 5.75 Å². The van der Waals surface area contributed by atoms with Gasteiger partial charge in [0.05, 0.1) is 25.1 Å². The maximum atomic E-state index is 13.1. The number of carbonyl (C=O) groups is 1. The molecular weight excluding hydrogens is 348 g/mol. The Hall–Kier alpha value is -2.46. The van der Waals surface area contributed by atoms with Crippen LogP contribution in [-0.2, 0) is 27.9 Å². The molecule has 9 nitrogen and oxygen atoms in total. The van der Waals surface area contributed by atoms with Crippen LogP contribution >= 0.6 is 0 Å². The second kappa shape index (κ2) is 6.12. The fourth-order valence-corrected chi connectivity index (χ4v) is 4.65. The van der Waals surface area contributed by atoms with Crippen LogP contribution in [0.4, 0.5) is 0 Å². The Kier molecular flexibility index (Phi) is 4.25. The topological polar surface area (TPSA) is 115 Å². The maximum absolute atomic E-state index is 13.1. The Balaban J connectivity index is 2.07. The summed E-state index contributed by atoms with van der Waals surface area (Å²) in [5.41, 5.74) is 0.478. The van der Waals surface area contributed by atoms with E-state index in [0.29, 0.717) is 23.0 Å². The minimum absolute atomic E-state index is 0.0298. The highest BCUT2D eigenvalue weighted by Gasteiger charge is 2.41. The van der Waals surface area contributed by atoms with Gasteiger partial charge in [0.25, 0.3) is 0 Å². The predicted molar refractivity (Wildman–Crippen MR) is 86.6 cm³/mol. The van der Waals surface area contributed by atoms with Gasteiger partial charge < -0.3 is 14.4 Å². The third-order valence-corrected chi connectivity index (χ3v) is 6.28. The van der Waals surface area contributed by atoms with Crippen molar-refractivity contribution in [2.24, 2.45) is 0 Å². The summed E-state index contributed by atoms with van der Waals surface area (Å²) in [5, 5.41) is 17.4. The van der Waals surface area contributed by atoms with Crippen LogP contribution in [0.1, 0.15) is 17.2 Å². The lowest BCUT2D eigenvalue weighted by atomic mass is 10.2. The minimum Gasteiger partial charge on any atom is -0.497 e. The number of fused-ring (bicyclic) bond motifs is 1. The maximum Gasteiger partial charge on any atom is 0.323 e. The van der Waals surface area contributed by atoms with E-state index in [-0.39, 0.29) is 18.0 Å². The van der Waals surface area contributed by atoms with Gasteiger partial charge in [-0.1, -0.05) is 0 Å². The van der Waals surface area contributed by atoms with Gasteiger partial charge in [0.15, 0.2) is 0 Å². The van der Waals surface area contributed by atoms with E-state index in [1.54, 1.807) is 24.5 Å². The fraction of sp³-hybridized carbons (Fsp3) is 0.400. The van der Waals surface area contributed by atoms with Crippen molar-refractivity contribution in [2.75, 3.05) is 7.11 Å². The first-order chi connectivity index (χ1) is 11.8. The van der Waals surface area contributed by atoms with E-state index in [2.05, 4.69) is 10.2 Å². The molecule has 2 aromatic rings. The monoisotopic (exact) mass is 366 g/mol. The highest BCUT2D eigenvalue weighted by atomic mass is 32.2. The third-order valence-electron chi connectivity index (χ3n) is 4.27. The number of carboxylic acids is 1. The molecule has 1 aromatic heterocycles. The van der Waals surface area contributed by atoms with Crippen LogP contribution in [0.5, 0.6) is 5.75 Å². The van der Waals surface area contributed by atoms with Gasteiger partial charge in [0.2, 0.25) is 10.0 Å². The fourth-order valence-electron chi connectivity index (χ4n) is 2.91. The van der Waals surface area contributed by atoms with Gasteiger partial charge in [0, 0.05) is 0 Å². The number of sulfonamides is 1. The molecule has 3 rings (SSSR count). The Labute approximate surface area is 144 Å². The lowest BCUT2D eigenvalue weighted by Crippen LogP contribution is -2.50. The minimum atomic E-state index is -4.03. The molecule has 0 aliphatic carbocycles. The molecule has 0 radical (unpaired) electrons. The summed E-state index contributed by atoms with van der Waals surface area (Å²) < 4.78 is 33.9. The molecule has 0 bridgehead atoms. The van der Waals surface area contributed by atoms with Gasteiger partial charge in [-0.15, -0.1) is 10.2 Å². The number of benzene rings is 1. The van der Waals surface area contributed by atoms with Crippen molar-refractivity contribution in [1.82, 2.24) is 19.1 Å². The van der Waals surface area contributed by atoms with Crippen LogP contribution in [0.15, 0.2) is 23.1 Å². The molecular formula is C15H18N4O5S. The molecule has 0 fully saturated rings. The van der Waals surface area contributed by atoms with Crippen LogP contribution in [0.3, 0.4) is 0 Å². The first-order valence-electron chi connectivity index (χ1n) is 7.53. The Morgan fingerprint density at radius 1 is 1.32 bits per heavy atom. The number of methoxy groups -OCH3 is 1. The molecule has 2 heterocycles. The highest BCUT2D eigenvalue weighted by Crippen LogP contribution is 2.29. The number of aliphatic carboxylic acids is 1. The van der Waals surface area contributed by atoms with E-state index in [9.17, 15) is 18.3 Å². The SMILES string of the molecule is COc1ccc(S(=O)(=O)N2Cc3nnc(C)n3CC2C(=O)O)c(C)c1. The standard InChI is InChI=1S/C15H18N4O5S/c1-9-6-11(24-3)4-5-13(9)25(22,23)19-8-14-17-16-10(2)18(14)7-12(19)15(20)21/h4-6,12H,7-8H2,1-3H3,(H,20,21). The van der Waals surface area contributed by atoms with E-state index < -0.39 is 22.0 Å². The molecule has 0 spiro atoms.